The summed E-state index contributed by atoms with van der Waals surface area (Å²) in [5.41, 5.74) is 0.951. The lowest BCUT2D eigenvalue weighted by Gasteiger charge is -2.04. The van der Waals surface area contributed by atoms with Crippen LogP contribution < -0.4 is 10.4 Å². The Morgan fingerprint density at radius 2 is 1.72 bits per heavy atom. The number of hydrogen-bond acceptors (Lipinski definition) is 4. The first-order chi connectivity index (χ1) is 12.1. The molecule has 0 aliphatic heterocycles. The van der Waals surface area contributed by atoms with Crippen molar-refractivity contribution in [3.8, 4) is 0 Å². The summed E-state index contributed by atoms with van der Waals surface area (Å²) >= 11 is 1.44. The number of hydrogen-bond donors (Lipinski definition) is 0. The highest BCUT2D eigenvalue weighted by molar-refractivity contribution is 7.16. The van der Waals surface area contributed by atoms with Crippen LogP contribution in [0.2, 0.25) is 0 Å². The molecule has 2 heterocycles. The molecule has 0 saturated heterocycles. The number of aromatic nitrogens is 3. The van der Waals surface area contributed by atoms with Gasteiger partial charge in [0.05, 0.1) is 15.6 Å². The molecule has 0 saturated carbocycles. The Labute approximate surface area is 146 Å². The van der Waals surface area contributed by atoms with E-state index in [1.54, 1.807) is 24.3 Å². The van der Waals surface area contributed by atoms with Gasteiger partial charge in [-0.05, 0) is 18.2 Å². The molecule has 124 valence electrons. The van der Waals surface area contributed by atoms with Crippen molar-refractivity contribution in [3.63, 3.8) is 0 Å². The second-order valence-corrected chi connectivity index (χ2v) is 6.66. The normalized spacial score (nSPS) is 12.2. The van der Waals surface area contributed by atoms with E-state index in [-0.39, 0.29) is 11.3 Å². The van der Waals surface area contributed by atoms with E-state index in [4.69, 9.17) is 0 Å². The molecule has 7 heteroatoms. The van der Waals surface area contributed by atoms with Gasteiger partial charge in [-0.25, -0.2) is 4.68 Å². The highest BCUT2D eigenvalue weighted by atomic mass is 32.1. The Balaban J connectivity index is 1.95. The molecule has 1 amide bonds. The molecule has 25 heavy (non-hydrogen) atoms. The molecule has 0 atom stereocenters. The number of fused-ring (bicyclic) bond motifs is 2. The van der Waals surface area contributed by atoms with Gasteiger partial charge in [0.1, 0.15) is 0 Å². The number of aryl methyl sites for hydroxylation is 2. The quantitative estimate of drug-likeness (QED) is 0.529. The van der Waals surface area contributed by atoms with Crippen LogP contribution in [-0.2, 0) is 14.1 Å². The van der Waals surface area contributed by atoms with E-state index in [1.165, 1.54) is 23.1 Å². The van der Waals surface area contributed by atoms with Crippen LogP contribution in [0.15, 0.2) is 58.3 Å². The van der Waals surface area contributed by atoms with Crippen LogP contribution in [0.1, 0.15) is 10.5 Å². The molecule has 0 aliphatic carbocycles. The monoisotopic (exact) mass is 350 g/mol. The molecule has 0 radical (unpaired) electrons. The summed E-state index contributed by atoms with van der Waals surface area (Å²) in [5.74, 6) is -0.464. The van der Waals surface area contributed by atoms with Gasteiger partial charge in [-0.1, -0.05) is 41.7 Å². The lowest BCUT2D eigenvalue weighted by atomic mass is 10.1. The van der Waals surface area contributed by atoms with Crippen LogP contribution in [0.25, 0.3) is 21.0 Å². The largest absolute Gasteiger partial charge is 0.319 e. The van der Waals surface area contributed by atoms with Gasteiger partial charge < -0.3 is 4.57 Å². The van der Waals surface area contributed by atoms with Crippen molar-refractivity contribution in [2.24, 2.45) is 19.1 Å². The fraction of sp³-hybridized carbons (Fsp3) is 0.111. The molecule has 4 rings (SSSR count). The summed E-state index contributed by atoms with van der Waals surface area (Å²) in [7, 11) is 3.40. The summed E-state index contributed by atoms with van der Waals surface area (Å²) in [5, 5.41) is 5.11. The Hall–Kier alpha value is -3.06. The zero-order chi connectivity index (χ0) is 17.6. The third-order valence-electron chi connectivity index (χ3n) is 4.07. The number of nitrogens with zero attached hydrogens (tertiary/aromatic N) is 4. The van der Waals surface area contributed by atoms with Crippen molar-refractivity contribution in [3.05, 3.63) is 69.4 Å². The third-order valence-corrected chi connectivity index (χ3v) is 5.18. The Morgan fingerprint density at radius 3 is 2.48 bits per heavy atom. The van der Waals surface area contributed by atoms with Gasteiger partial charge in [-0.2, -0.15) is 10.1 Å². The number of thiazole rings is 1. The van der Waals surface area contributed by atoms with Crippen molar-refractivity contribution < 1.29 is 4.79 Å². The first-order valence-corrected chi connectivity index (χ1v) is 8.47. The third kappa shape index (κ3) is 2.49. The number of rotatable bonds is 1. The number of carbonyl (C=O) groups is 1. The fourth-order valence-corrected chi connectivity index (χ4v) is 3.80. The number of carbonyl (C=O) groups excluding carboxylic acids is 1. The standard InChI is InChI=1S/C18H14N4O2S/c1-21-13-9-5-6-10-14(13)25-18(21)19-16(23)15-11-7-3-4-8-12(11)17(24)22(2)20-15/h3-10H,1-2H3. The lowest BCUT2D eigenvalue weighted by molar-refractivity contribution is 0.0993. The first-order valence-electron chi connectivity index (χ1n) is 7.66. The highest BCUT2D eigenvalue weighted by Gasteiger charge is 2.15. The van der Waals surface area contributed by atoms with E-state index < -0.39 is 5.91 Å². The van der Waals surface area contributed by atoms with Crippen LogP contribution in [-0.4, -0.2) is 20.3 Å². The smallest absolute Gasteiger partial charge is 0.300 e. The average molecular weight is 350 g/mol. The van der Waals surface area contributed by atoms with E-state index in [1.807, 2.05) is 35.9 Å². The number of amides is 1. The second kappa shape index (κ2) is 5.78. The maximum atomic E-state index is 12.8. The van der Waals surface area contributed by atoms with Gasteiger partial charge in [-0.15, -0.1) is 0 Å². The number of para-hydroxylation sites is 1. The minimum atomic E-state index is -0.464. The molecular weight excluding hydrogens is 336 g/mol. The molecule has 0 fully saturated rings. The van der Waals surface area contributed by atoms with Gasteiger partial charge in [0.25, 0.3) is 5.56 Å². The summed E-state index contributed by atoms with van der Waals surface area (Å²) < 4.78 is 4.10. The molecule has 6 nitrogen and oxygen atoms in total. The van der Waals surface area contributed by atoms with E-state index in [0.29, 0.717) is 15.6 Å². The van der Waals surface area contributed by atoms with Gasteiger partial charge in [0, 0.05) is 19.5 Å². The van der Waals surface area contributed by atoms with E-state index in [0.717, 1.165) is 10.2 Å². The van der Waals surface area contributed by atoms with Crippen LogP contribution in [0.5, 0.6) is 0 Å². The average Bonchev–Trinajstić information content (AvgIpc) is 2.94. The van der Waals surface area contributed by atoms with Gasteiger partial charge in [0.15, 0.2) is 10.5 Å². The van der Waals surface area contributed by atoms with Crippen molar-refractivity contribution >= 4 is 38.2 Å². The maximum absolute atomic E-state index is 12.8. The van der Waals surface area contributed by atoms with Crippen LogP contribution in [0, 0.1) is 0 Å². The molecule has 0 aliphatic rings. The van der Waals surface area contributed by atoms with Crippen molar-refractivity contribution in [1.82, 2.24) is 14.3 Å². The van der Waals surface area contributed by atoms with E-state index in [9.17, 15) is 9.59 Å². The summed E-state index contributed by atoms with van der Waals surface area (Å²) in [6, 6.07) is 14.8. The summed E-state index contributed by atoms with van der Waals surface area (Å²) in [6.45, 7) is 0. The van der Waals surface area contributed by atoms with Crippen molar-refractivity contribution in [1.29, 1.82) is 0 Å². The van der Waals surface area contributed by atoms with Gasteiger partial charge >= 0.3 is 5.91 Å². The van der Waals surface area contributed by atoms with Crippen LogP contribution >= 0.6 is 11.3 Å². The summed E-state index contributed by atoms with van der Waals surface area (Å²) in [4.78, 5) is 29.8. The molecule has 2 aromatic heterocycles. The first kappa shape index (κ1) is 15.5. The van der Waals surface area contributed by atoms with Crippen molar-refractivity contribution in [2.75, 3.05) is 0 Å². The molecule has 0 unspecified atom stereocenters. The van der Waals surface area contributed by atoms with E-state index in [2.05, 4.69) is 10.1 Å². The minimum absolute atomic E-state index is 0.176. The minimum Gasteiger partial charge on any atom is -0.319 e. The SMILES string of the molecule is Cn1nc(C(=O)N=c2sc3ccccc3n2C)c2ccccc2c1=O. The van der Waals surface area contributed by atoms with Crippen LogP contribution in [0.4, 0.5) is 0 Å². The second-order valence-electron chi connectivity index (χ2n) is 5.65. The molecule has 0 spiro atoms. The van der Waals surface area contributed by atoms with Gasteiger partial charge in [0.2, 0.25) is 0 Å². The Bertz CT molecular complexity index is 1260. The van der Waals surface area contributed by atoms with Gasteiger partial charge in [-0.3, -0.25) is 9.59 Å². The van der Waals surface area contributed by atoms with Crippen molar-refractivity contribution in [2.45, 2.75) is 0 Å². The molecule has 2 aromatic carbocycles. The Kier molecular flexibility index (Phi) is 3.58. The fourth-order valence-electron chi connectivity index (χ4n) is 2.79. The molecule has 0 bridgehead atoms. The summed E-state index contributed by atoms with van der Waals surface area (Å²) in [6.07, 6.45) is 0. The van der Waals surface area contributed by atoms with E-state index >= 15 is 0 Å². The molecular formula is C18H14N4O2S. The Morgan fingerprint density at radius 1 is 1.04 bits per heavy atom. The van der Waals surface area contributed by atoms with Crippen LogP contribution in [0.3, 0.4) is 0 Å². The number of benzene rings is 2. The highest BCUT2D eigenvalue weighted by Crippen LogP contribution is 2.16. The predicted molar refractivity (Wildman–Crippen MR) is 97.7 cm³/mol. The maximum Gasteiger partial charge on any atom is 0.300 e. The zero-order valence-corrected chi connectivity index (χ0v) is 14.4. The topological polar surface area (TPSA) is 69.2 Å². The zero-order valence-electron chi connectivity index (χ0n) is 13.6. The molecule has 0 N–H and O–H groups in total. The predicted octanol–water partition coefficient (Wildman–Crippen LogP) is 2.23. The molecule has 4 aromatic rings. The lowest BCUT2D eigenvalue weighted by Crippen LogP contribution is -2.23.